The van der Waals surface area contributed by atoms with E-state index in [1.54, 1.807) is 61.2 Å². The van der Waals surface area contributed by atoms with Crippen molar-refractivity contribution in [2.45, 2.75) is 56.1 Å². The first-order valence-corrected chi connectivity index (χ1v) is 23.5. The van der Waals surface area contributed by atoms with Crippen molar-refractivity contribution in [1.82, 2.24) is 39.0 Å². The number of anilines is 2. The predicted octanol–water partition coefficient (Wildman–Crippen LogP) is 6.35. The van der Waals surface area contributed by atoms with E-state index in [0.29, 0.717) is 77.0 Å². The zero-order valence-electron chi connectivity index (χ0n) is 34.2. The van der Waals surface area contributed by atoms with Gasteiger partial charge < -0.3 is 39.6 Å². The first kappa shape index (κ1) is 44.4. The second-order valence-corrected chi connectivity index (χ2v) is 18.4. The van der Waals surface area contributed by atoms with E-state index >= 15 is 0 Å². The maximum absolute atomic E-state index is 12.9. The first-order valence-electron chi connectivity index (χ1n) is 20.3. The molecular formula is C40H44N13O9PS. The molecule has 2 aromatic carbocycles. The Hall–Kier alpha value is -6.16. The van der Waals surface area contributed by atoms with Crippen molar-refractivity contribution in [1.29, 1.82) is 0 Å². The predicted molar refractivity (Wildman–Crippen MR) is 235 cm³/mol. The minimum atomic E-state index is -4.03. The number of aromatic nitrogens is 8. The van der Waals surface area contributed by atoms with Crippen molar-refractivity contribution in [3.05, 3.63) is 108 Å². The van der Waals surface area contributed by atoms with Crippen LogP contribution in [-0.2, 0) is 24.3 Å². The Morgan fingerprint density at radius 2 is 1.45 bits per heavy atom. The van der Waals surface area contributed by atoms with E-state index in [0.717, 1.165) is 29.8 Å². The molecule has 8 rings (SSSR count). The molecule has 0 amide bonds. The van der Waals surface area contributed by atoms with E-state index in [-0.39, 0.29) is 44.5 Å². The molecule has 22 nitrogen and oxygen atoms in total. The molecule has 24 heteroatoms. The Kier molecular flexibility index (Phi) is 14.6. The number of aliphatic hydroxyl groups excluding tert-OH is 1. The Morgan fingerprint density at radius 3 is 2.05 bits per heavy atom. The number of nitrogens with one attached hydrogen (secondary N) is 2. The van der Waals surface area contributed by atoms with Crippen LogP contribution >= 0.6 is 18.2 Å². The summed E-state index contributed by atoms with van der Waals surface area (Å²) in [6, 6.07) is 13.0. The number of imidazole rings is 2. The van der Waals surface area contributed by atoms with Crippen LogP contribution in [0.15, 0.2) is 91.1 Å². The molecular weight excluding hydrogens is 870 g/mol. The van der Waals surface area contributed by atoms with Crippen LogP contribution in [0.1, 0.15) is 54.1 Å². The average Bonchev–Trinajstić information content (AvgIpc) is 4.15. The van der Waals surface area contributed by atoms with Crippen LogP contribution < -0.4 is 20.1 Å². The second-order valence-electron chi connectivity index (χ2n) is 14.5. The number of benzene rings is 2. The largest absolute Gasteiger partial charge is 0.493 e. The smallest absolute Gasteiger partial charge is 0.386 e. The monoisotopic (exact) mass is 913 g/mol. The summed E-state index contributed by atoms with van der Waals surface area (Å²) in [4.78, 5) is 52.5. The summed E-state index contributed by atoms with van der Waals surface area (Å²) in [7, 11) is 0. The summed E-state index contributed by atoms with van der Waals surface area (Å²) in [6.45, 7) is -2.76. The van der Waals surface area contributed by atoms with E-state index in [1.807, 2.05) is 21.3 Å². The van der Waals surface area contributed by atoms with Gasteiger partial charge in [-0.25, -0.2) is 39.3 Å². The number of esters is 1. The quantitative estimate of drug-likeness (QED) is 0.00894. The molecule has 2 fully saturated rings. The standard InChI is InChI=1S/C40H44N13O9PS/c41-51-50-17-18-58-28-9-5-27(6-10-28)40(55)62-29-7-3-26(4-8-29)21-64-63(56,57)59-20-31-12-14-33(61-31)53-25-49-35-37(45-23-47-39(35)53)43-16-2-1-15-42-36-34-38(46-22-44-36)52(24-48-34)32-13-11-30(19-54)60-32/h1-10,22-25,30-33,54H,11-21H2,(H,56,57)(H,42,44,46)(H,43,45,47)/b2-1+/t30-,31-,32+,33+/m0/s1. The molecule has 5 atom stereocenters. The topological polar surface area (TPSA) is 281 Å². The number of carbonyl (C=O) groups excluding carboxylic acids is 1. The molecule has 0 aliphatic carbocycles. The van der Waals surface area contributed by atoms with Crippen LogP contribution in [0.2, 0.25) is 0 Å². The van der Waals surface area contributed by atoms with E-state index in [4.69, 9.17) is 29.0 Å². The molecule has 2 saturated heterocycles. The van der Waals surface area contributed by atoms with Gasteiger partial charge in [0.1, 0.15) is 36.6 Å². The van der Waals surface area contributed by atoms with Gasteiger partial charge in [0.05, 0.1) is 56.8 Å². The normalized spacial score (nSPS) is 19.5. The van der Waals surface area contributed by atoms with Crippen molar-refractivity contribution in [2.24, 2.45) is 5.11 Å². The number of aliphatic hydroxyl groups is 1. The molecule has 0 spiro atoms. The van der Waals surface area contributed by atoms with Gasteiger partial charge in [0.25, 0.3) is 0 Å². The lowest BCUT2D eigenvalue weighted by Crippen LogP contribution is -2.16. The van der Waals surface area contributed by atoms with Crippen molar-refractivity contribution in [2.75, 3.05) is 50.1 Å². The van der Waals surface area contributed by atoms with Gasteiger partial charge >= 0.3 is 12.8 Å². The maximum atomic E-state index is 12.9. The summed E-state index contributed by atoms with van der Waals surface area (Å²) in [5, 5.41) is 19.4. The molecule has 2 aliphatic rings. The van der Waals surface area contributed by atoms with Gasteiger partial charge in [-0.1, -0.05) is 29.4 Å². The first-order chi connectivity index (χ1) is 31.3. The van der Waals surface area contributed by atoms with Crippen LogP contribution in [0, 0.1) is 0 Å². The number of azide groups is 1. The average molecular weight is 914 g/mol. The fourth-order valence-corrected chi connectivity index (χ4v) is 9.30. The van der Waals surface area contributed by atoms with Gasteiger partial charge in [-0.2, -0.15) is 0 Å². The molecule has 4 aromatic heterocycles. The molecule has 0 radical (unpaired) electrons. The molecule has 0 bridgehead atoms. The number of rotatable bonds is 21. The summed E-state index contributed by atoms with van der Waals surface area (Å²) < 4.78 is 45.1. The second kappa shape index (κ2) is 21.0. The van der Waals surface area contributed by atoms with Crippen molar-refractivity contribution in [3.63, 3.8) is 0 Å². The fraction of sp³-hybridized carbons (Fsp3) is 0.375. The zero-order valence-corrected chi connectivity index (χ0v) is 35.9. The van der Waals surface area contributed by atoms with E-state index in [2.05, 4.69) is 50.6 Å². The molecule has 2 aliphatic heterocycles. The fourth-order valence-electron chi connectivity index (χ4n) is 7.03. The molecule has 334 valence electrons. The minimum Gasteiger partial charge on any atom is -0.493 e. The zero-order chi connectivity index (χ0) is 44.3. The summed E-state index contributed by atoms with van der Waals surface area (Å²) in [5.41, 5.74) is 11.9. The van der Waals surface area contributed by atoms with Crippen LogP contribution in [0.4, 0.5) is 11.6 Å². The van der Waals surface area contributed by atoms with Crippen LogP contribution in [0.25, 0.3) is 32.8 Å². The van der Waals surface area contributed by atoms with Gasteiger partial charge in [-0.05, 0) is 84.6 Å². The lowest BCUT2D eigenvalue weighted by molar-refractivity contribution is -0.0207. The Morgan fingerprint density at radius 1 is 0.859 bits per heavy atom. The third-order valence-electron chi connectivity index (χ3n) is 10.2. The van der Waals surface area contributed by atoms with Crippen LogP contribution in [0.5, 0.6) is 11.5 Å². The Bertz CT molecular complexity index is 2660. The van der Waals surface area contributed by atoms with Gasteiger partial charge in [0, 0.05) is 23.8 Å². The SMILES string of the molecule is [N-]=[N+]=NCCOc1ccc(C(=O)Oc2ccc(CSP(=O)(O)OC[C@@H]3CC[C@H](n4cnc5c(NC/C=C/CNc6ncnc7c6ncn7[C@H]6CC[C@@H](CO)O6)ncnc54)O3)cc2)cc1. The highest BCUT2D eigenvalue weighted by Crippen LogP contribution is 2.57. The summed E-state index contributed by atoms with van der Waals surface area (Å²) in [5.74, 6) is 1.62. The summed E-state index contributed by atoms with van der Waals surface area (Å²) in [6.07, 6.45) is 11.7. The minimum absolute atomic E-state index is 0.0160. The van der Waals surface area contributed by atoms with Gasteiger partial charge in [-0.3, -0.25) is 13.7 Å². The summed E-state index contributed by atoms with van der Waals surface area (Å²) >= 11 is 0.783. The lowest BCUT2D eigenvalue weighted by Gasteiger charge is -2.17. The number of ether oxygens (including phenoxy) is 4. The van der Waals surface area contributed by atoms with Gasteiger partial charge in [0.2, 0.25) is 0 Å². The highest BCUT2D eigenvalue weighted by atomic mass is 32.7. The van der Waals surface area contributed by atoms with Crippen LogP contribution in [0.3, 0.4) is 0 Å². The van der Waals surface area contributed by atoms with Crippen LogP contribution in [-0.4, -0.2) is 107 Å². The highest BCUT2D eigenvalue weighted by molar-refractivity contribution is 8.54. The van der Waals surface area contributed by atoms with Crippen molar-refractivity contribution in [3.8, 4) is 11.5 Å². The van der Waals surface area contributed by atoms with E-state index < -0.39 is 25.1 Å². The molecule has 6 heterocycles. The molecule has 1 unspecified atom stereocenters. The van der Waals surface area contributed by atoms with E-state index in [1.165, 1.54) is 12.7 Å². The highest BCUT2D eigenvalue weighted by Gasteiger charge is 2.32. The molecule has 4 N–H and O–H groups in total. The number of hydrogen-bond donors (Lipinski definition) is 4. The number of nitrogens with zero attached hydrogens (tertiary/aromatic N) is 11. The number of hydrogen-bond acceptors (Lipinski definition) is 18. The Labute approximate surface area is 369 Å². The Balaban J connectivity index is 0.755. The van der Waals surface area contributed by atoms with Crippen molar-refractivity contribution < 1.29 is 42.8 Å². The molecule has 6 aromatic rings. The third-order valence-corrected chi connectivity index (χ3v) is 13.2. The number of carbonyl (C=O) groups is 1. The lowest BCUT2D eigenvalue weighted by atomic mass is 10.2. The van der Waals surface area contributed by atoms with Gasteiger partial charge in [-0.15, -0.1) is 0 Å². The van der Waals surface area contributed by atoms with E-state index in [9.17, 15) is 19.4 Å². The molecule has 0 saturated carbocycles. The number of fused-ring (bicyclic) bond motifs is 2. The van der Waals surface area contributed by atoms with Crippen molar-refractivity contribution >= 4 is 58.1 Å². The third kappa shape index (κ3) is 11.1. The van der Waals surface area contributed by atoms with Gasteiger partial charge in [0.15, 0.2) is 34.0 Å². The maximum Gasteiger partial charge on any atom is 0.386 e. The molecule has 64 heavy (non-hydrogen) atoms.